The van der Waals surface area contributed by atoms with Crippen LogP contribution in [0.1, 0.15) is 50.6 Å². The largest absolute Gasteiger partial charge is 0.479 e. The summed E-state index contributed by atoms with van der Waals surface area (Å²) in [5, 5.41) is 18.7. The fourth-order valence-electron chi connectivity index (χ4n) is 6.66. The molecular formula is C30H48N12O8. The number of carboxylic acid groups (broad SMARTS) is 1. The number of rotatable bonds is 21. The predicted octanol–water partition coefficient (Wildman–Crippen LogP) is -5.18. The molecule has 20 heteroatoms. The summed E-state index contributed by atoms with van der Waals surface area (Å²) in [5.41, 5.74) is 29.3. The fourth-order valence-corrected chi connectivity index (χ4v) is 6.66. The van der Waals surface area contributed by atoms with Crippen molar-refractivity contribution in [3.8, 4) is 0 Å². The summed E-state index contributed by atoms with van der Waals surface area (Å²) in [6.07, 6.45) is 3.50. The third kappa shape index (κ3) is 8.38. The number of aliphatic carboxylic acids is 1. The molecule has 50 heavy (non-hydrogen) atoms. The first kappa shape index (κ1) is 39.8. The van der Waals surface area contributed by atoms with E-state index in [1.54, 1.807) is 0 Å². The standard InChI is InChI=1S/C30H48N12O8/c31-8-2-1-4-17(32)25(47)30(36,27(49)50)29(24(46)18(33)10-15-11-37-14-41-15,21(43)13-39-26(48)20-5-3-9-38-20)16(12-40-28(34)35)23(45)19-6-7-22(44)42-19/h11,14,16-20,38H,1-10,12-13,31-33,36H2,(H,37,41)(H,39,48)(H,42,44)(H,49,50)(H4,34,35,40). The Morgan fingerprint density at radius 1 is 1.06 bits per heavy atom. The second kappa shape index (κ2) is 17.3. The summed E-state index contributed by atoms with van der Waals surface area (Å²) in [4.78, 5) is 108. The van der Waals surface area contributed by atoms with Crippen LogP contribution in [0.4, 0.5) is 0 Å². The normalized spacial score (nSPS) is 21.5. The van der Waals surface area contributed by atoms with E-state index in [0.717, 1.165) is 0 Å². The molecule has 2 saturated heterocycles. The van der Waals surface area contributed by atoms with Gasteiger partial charge >= 0.3 is 5.97 Å². The molecule has 276 valence electrons. The van der Waals surface area contributed by atoms with Crippen LogP contribution in [0, 0.1) is 11.3 Å². The molecule has 2 amide bonds. The summed E-state index contributed by atoms with van der Waals surface area (Å²) >= 11 is 0. The van der Waals surface area contributed by atoms with Gasteiger partial charge in [-0.05, 0) is 45.2 Å². The summed E-state index contributed by atoms with van der Waals surface area (Å²) < 4.78 is 0. The van der Waals surface area contributed by atoms with E-state index in [2.05, 4.69) is 30.9 Å². The lowest BCUT2D eigenvalue weighted by Gasteiger charge is -2.48. The van der Waals surface area contributed by atoms with Crippen LogP contribution in [-0.4, -0.2) is 118 Å². The topological polar surface area (TPSA) is 373 Å². The minimum atomic E-state index is -3.59. The quantitative estimate of drug-likeness (QED) is 0.0246. The minimum absolute atomic E-state index is 0.115. The number of Topliss-reactive ketones (excluding diaryl/α,β-unsaturated/α-hetero) is 4. The number of H-pyrrole nitrogens is 1. The van der Waals surface area contributed by atoms with Crippen LogP contribution in [0.3, 0.4) is 0 Å². The van der Waals surface area contributed by atoms with Gasteiger partial charge in [0.2, 0.25) is 11.8 Å². The van der Waals surface area contributed by atoms with Crippen LogP contribution >= 0.6 is 0 Å². The zero-order chi connectivity index (χ0) is 37.2. The van der Waals surface area contributed by atoms with Gasteiger partial charge in [-0.3, -0.25) is 33.8 Å². The Balaban J connectivity index is 2.37. The summed E-state index contributed by atoms with van der Waals surface area (Å²) in [7, 11) is 0. The average molecular weight is 705 g/mol. The van der Waals surface area contributed by atoms with Gasteiger partial charge in [0, 0.05) is 24.7 Å². The van der Waals surface area contributed by atoms with Gasteiger partial charge in [-0.25, -0.2) is 9.78 Å². The number of nitrogens with zero attached hydrogens (tertiary/aromatic N) is 2. The molecule has 2 fully saturated rings. The highest BCUT2D eigenvalue weighted by molar-refractivity contribution is 6.26. The van der Waals surface area contributed by atoms with Crippen LogP contribution in [-0.2, 0) is 40.0 Å². The molecule has 17 N–H and O–H groups in total. The van der Waals surface area contributed by atoms with Gasteiger partial charge < -0.3 is 60.4 Å². The van der Waals surface area contributed by atoms with Gasteiger partial charge in [0.25, 0.3) is 0 Å². The maximum Gasteiger partial charge on any atom is 0.333 e. The second-order valence-corrected chi connectivity index (χ2v) is 12.6. The van der Waals surface area contributed by atoms with Crippen molar-refractivity contribution in [2.75, 3.05) is 26.2 Å². The van der Waals surface area contributed by atoms with Crippen molar-refractivity contribution in [2.24, 2.45) is 50.7 Å². The molecule has 7 atom stereocenters. The number of imidazole rings is 1. The van der Waals surface area contributed by atoms with Crippen LogP contribution in [0.5, 0.6) is 0 Å². The molecule has 0 bridgehead atoms. The van der Waals surface area contributed by atoms with Crippen molar-refractivity contribution in [3.05, 3.63) is 18.2 Å². The molecule has 0 radical (unpaired) electrons. The van der Waals surface area contributed by atoms with E-state index >= 15 is 4.79 Å². The Kier molecular flexibility index (Phi) is 13.8. The highest BCUT2D eigenvalue weighted by Gasteiger charge is 2.72. The highest BCUT2D eigenvalue weighted by atomic mass is 16.4. The molecule has 3 heterocycles. The molecule has 20 nitrogen and oxygen atoms in total. The van der Waals surface area contributed by atoms with Gasteiger partial charge in [-0.2, -0.15) is 0 Å². The number of amides is 2. The second-order valence-electron chi connectivity index (χ2n) is 12.6. The van der Waals surface area contributed by atoms with Crippen molar-refractivity contribution in [2.45, 2.75) is 81.1 Å². The molecule has 0 saturated carbocycles. The number of carbonyl (C=O) groups is 7. The monoisotopic (exact) mass is 704 g/mol. The van der Waals surface area contributed by atoms with E-state index in [1.807, 2.05) is 0 Å². The van der Waals surface area contributed by atoms with E-state index in [4.69, 9.17) is 34.4 Å². The zero-order valence-corrected chi connectivity index (χ0v) is 27.7. The molecular weight excluding hydrogens is 656 g/mol. The number of aliphatic imine (C=N–C) groups is 1. The van der Waals surface area contributed by atoms with Gasteiger partial charge in [-0.15, -0.1) is 0 Å². The molecule has 2 aliphatic heterocycles. The minimum Gasteiger partial charge on any atom is -0.479 e. The van der Waals surface area contributed by atoms with E-state index in [9.17, 15) is 33.9 Å². The van der Waals surface area contributed by atoms with E-state index in [0.29, 0.717) is 25.8 Å². The molecule has 0 aliphatic carbocycles. The molecule has 0 aromatic carbocycles. The number of guanidine groups is 1. The lowest BCUT2D eigenvalue weighted by Crippen LogP contribution is -2.79. The number of nitrogens with two attached hydrogens (primary N) is 6. The highest BCUT2D eigenvalue weighted by Crippen LogP contribution is 2.45. The molecule has 2 aliphatic rings. The van der Waals surface area contributed by atoms with Gasteiger partial charge in [-0.1, -0.05) is 6.42 Å². The van der Waals surface area contributed by atoms with E-state index < -0.39 is 101 Å². The first-order chi connectivity index (χ1) is 23.6. The SMILES string of the molecule is NCCCCC(N)C(=O)C(N)(C(=O)O)C(C(=O)CNC(=O)C1CCCN1)(C(=O)C(N)Cc1cnc[nH]1)C(CN=C(N)N)C(=O)C1CCC(=O)N1. The third-order valence-corrected chi connectivity index (χ3v) is 9.28. The maximum atomic E-state index is 15.0. The molecule has 1 aromatic heterocycles. The zero-order valence-electron chi connectivity index (χ0n) is 27.7. The van der Waals surface area contributed by atoms with Crippen molar-refractivity contribution >= 4 is 46.9 Å². The number of hydrogen-bond donors (Lipinski definition) is 11. The number of carbonyl (C=O) groups excluding carboxylic acids is 6. The molecule has 1 aromatic rings. The number of ketones is 4. The van der Waals surface area contributed by atoms with Crippen molar-refractivity contribution in [1.82, 2.24) is 25.9 Å². The van der Waals surface area contributed by atoms with Crippen LogP contribution in [0.15, 0.2) is 17.5 Å². The Bertz CT molecular complexity index is 1460. The first-order valence-electron chi connectivity index (χ1n) is 16.3. The summed E-state index contributed by atoms with van der Waals surface area (Å²) in [6, 6.07) is -5.56. The van der Waals surface area contributed by atoms with E-state index in [-0.39, 0.29) is 44.3 Å². The fraction of sp³-hybridized carbons (Fsp3) is 0.633. The molecule has 0 spiro atoms. The van der Waals surface area contributed by atoms with Gasteiger partial charge in [0.15, 0.2) is 34.6 Å². The lowest BCUT2D eigenvalue weighted by atomic mass is 9.52. The predicted molar refractivity (Wildman–Crippen MR) is 178 cm³/mol. The Labute approximate surface area is 287 Å². The Morgan fingerprint density at radius 2 is 1.78 bits per heavy atom. The third-order valence-electron chi connectivity index (χ3n) is 9.28. The molecule has 3 rings (SSSR count). The number of aromatic nitrogens is 2. The van der Waals surface area contributed by atoms with Crippen molar-refractivity contribution in [1.29, 1.82) is 0 Å². The maximum absolute atomic E-state index is 15.0. The molecule has 7 unspecified atom stereocenters. The Hall–Kier alpha value is -4.63. The average Bonchev–Trinajstić information content (AvgIpc) is 3.88. The number of unbranched alkanes of at least 4 members (excludes halogenated alkanes) is 1. The number of carboxylic acids is 1. The van der Waals surface area contributed by atoms with Crippen LogP contribution in [0.2, 0.25) is 0 Å². The van der Waals surface area contributed by atoms with Crippen molar-refractivity contribution in [3.63, 3.8) is 0 Å². The smallest absolute Gasteiger partial charge is 0.333 e. The summed E-state index contributed by atoms with van der Waals surface area (Å²) in [5.74, 6) is -11.7. The number of nitrogens with one attached hydrogen (secondary N) is 4. The van der Waals surface area contributed by atoms with E-state index in [1.165, 1.54) is 12.5 Å². The summed E-state index contributed by atoms with van der Waals surface area (Å²) in [6.45, 7) is -1.28. The number of aromatic amines is 1. The van der Waals surface area contributed by atoms with Crippen LogP contribution < -0.4 is 50.4 Å². The van der Waals surface area contributed by atoms with Gasteiger partial charge in [0.05, 0.1) is 49.5 Å². The van der Waals surface area contributed by atoms with Crippen LogP contribution in [0.25, 0.3) is 0 Å². The lowest BCUT2D eigenvalue weighted by molar-refractivity contribution is -0.171. The van der Waals surface area contributed by atoms with Crippen molar-refractivity contribution < 1.29 is 38.7 Å². The Morgan fingerprint density at radius 3 is 2.32 bits per heavy atom. The van der Waals surface area contributed by atoms with Gasteiger partial charge in [0.1, 0.15) is 5.41 Å². The number of hydrogen-bond acceptors (Lipinski definition) is 14. The first-order valence-corrected chi connectivity index (χ1v) is 16.3.